The van der Waals surface area contributed by atoms with Gasteiger partial charge in [0, 0.05) is 0 Å². The van der Waals surface area contributed by atoms with Crippen LogP contribution in [0.1, 0.15) is 342 Å². The quantitative estimate of drug-likeness (QED) is 0.247. The average molecular weight is 1310 g/mol. The molecule has 0 heteroatoms. The zero-order valence-electron chi connectivity index (χ0n) is 66.6. The van der Waals surface area contributed by atoms with Crippen LogP contribution in [0.4, 0.5) is 0 Å². The van der Waals surface area contributed by atoms with Gasteiger partial charge in [0.1, 0.15) is 0 Å². The zero-order valence-corrected chi connectivity index (χ0v) is 66.6. The van der Waals surface area contributed by atoms with Gasteiger partial charge in [-0.2, -0.15) is 0 Å². The molecule has 96 heavy (non-hydrogen) atoms. The fraction of sp³-hybridized carbons (Fsp3) is 0.792. The van der Waals surface area contributed by atoms with Crippen LogP contribution in [0.3, 0.4) is 0 Å². The molecule has 16 aliphatic rings. The van der Waals surface area contributed by atoms with Crippen molar-refractivity contribution in [3.8, 4) is 0 Å². The molecule has 0 aromatic rings. The number of allylic oxidation sites excluding steroid dienone is 14. The minimum absolute atomic E-state index is 0.486. The van der Waals surface area contributed by atoms with Gasteiger partial charge in [0.25, 0.3) is 0 Å². The van der Waals surface area contributed by atoms with Crippen LogP contribution in [-0.4, -0.2) is 0 Å². The second kappa shape index (κ2) is 30.4. The molecule has 0 saturated heterocycles. The summed E-state index contributed by atoms with van der Waals surface area (Å²) in [5, 5.41) is 0. The molecule has 0 amide bonds. The van der Waals surface area contributed by atoms with E-state index in [1.54, 1.807) is 51.0 Å². The number of hydrogen-bond donors (Lipinski definition) is 0. The van der Waals surface area contributed by atoms with E-state index in [0.717, 1.165) is 101 Å². The van der Waals surface area contributed by atoms with Gasteiger partial charge in [-0.15, -0.1) is 0 Å². The van der Waals surface area contributed by atoms with E-state index in [4.69, 9.17) is 0 Å². The van der Waals surface area contributed by atoms with Crippen molar-refractivity contribution in [3.63, 3.8) is 0 Å². The molecule has 0 nitrogen and oxygen atoms in total. The maximum Gasteiger partial charge on any atom is -0.00532 e. The summed E-state index contributed by atoms with van der Waals surface area (Å²) in [5.41, 5.74) is 19.6. The maximum atomic E-state index is 4.46. The molecule has 6 bridgehead atoms. The lowest BCUT2D eigenvalue weighted by molar-refractivity contribution is -0.0483. The smallest absolute Gasteiger partial charge is 0.00532 e. The summed E-state index contributed by atoms with van der Waals surface area (Å²) in [4.78, 5) is 0. The van der Waals surface area contributed by atoms with Crippen molar-refractivity contribution in [3.05, 3.63) is 120 Å². The van der Waals surface area contributed by atoms with Gasteiger partial charge in [-0.3, -0.25) is 0 Å². The van der Waals surface area contributed by atoms with E-state index in [1.807, 2.05) is 0 Å². The molecule has 21 atom stereocenters. The molecule has 538 valence electrons. The van der Waals surface area contributed by atoms with Crippen LogP contribution in [0, 0.1) is 139 Å². The molecule has 2 spiro atoms. The summed E-state index contributed by atoms with van der Waals surface area (Å²) in [6.45, 7) is 66.5. The van der Waals surface area contributed by atoms with Crippen LogP contribution in [0.15, 0.2) is 120 Å². The Kier molecular flexibility index (Phi) is 24.1. The number of hydrogen-bond acceptors (Lipinski definition) is 0. The monoisotopic (exact) mass is 1310 g/mol. The molecule has 0 N–H and O–H groups in total. The van der Waals surface area contributed by atoms with E-state index in [-0.39, 0.29) is 0 Å². The minimum atomic E-state index is 0.486. The lowest BCUT2D eigenvalue weighted by Gasteiger charge is -2.54. The summed E-state index contributed by atoms with van der Waals surface area (Å²) < 4.78 is 0. The van der Waals surface area contributed by atoms with Crippen LogP contribution in [0.5, 0.6) is 0 Å². The van der Waals surface area contributed by atoms with Crippen LogP contribution < -0.4 is 0 Å². The second-order valence-electron chi connectivity index (χ2n) is 40.3. The van der Waals surface area contributed by atoms with Gasteiger partial charge in [0.2, 0.25) is 0 Å². The van der Waals surface area contributed by atoms with Gasteiger partial charge in [-0.25, -0.2) is 0 Å². The Balaban J connectivity index is 0.000000122. The molecular formula is C96H154. The Morgan fingerprint density at radius 2 is 1.20 bits per heavy atom. The third-order valence-corrected chi connectivity index (χ3v) is 33.5. The highest BCUT2D eigenvalue weighted by atomic mass is 14.7. The highest BCUT2D eigenvalue weighted by Crippen LogP contribution is 2.76. The lowest BCUT2D eigenvalue weighted by atomic mass is 9.51. The van der Waals surface area contributed by atoms with Crippen molar-refractivity contribution in [2.45, 2.75) is 342 Å². The highest BCUT2D eigenvalue weighted by Gasteiger charge is 2.67. The first-order chi connectivity index (χ1) is 45.2. The molecular weight excluding hydrogens is 1150 g/mol. The molecule has 0 radical (unpaired) electrons. The first-order valence-electron chi connectivity index (χ1n) is 41.9. The first-order valence-corrected chi connectivity index (χ1v) is 41.9. The predicted octanol–water partition coefficient (Wildman–Crippen LogP) is 29.5. The topological polar surface area (TPSA) is 0 Å². The van der Waals surface area contributed by atoms with E-state index in [1.165, 1.54) is 229 Å². The third kappa shape index (κ3) is 15.4. The van der Waals surface area contributed by atoms with Gasteiger partial charge in [0.15, 0.2) is 0 Å². The van der Waals surface area contributed by atoms with Gasteiger partial charge < -0.3 is 0 Å². The summed E-state index contributed by atoms with van der Waals surface area (Å²) in [7, 11) is 0. The molecule has 0 aromatic carbocycles. The maximum absolute atomic E-state index is 4.46. The fourth-order valence-corrected chi connectivity index (χ4v) is 26.3. The molecule has 0 heterocycles. The van der Waals surface area contributed by atoms with E-state index in [2.05, 4.69) is 181 Å². The molecule has 11 unspecified atom stereocenters. The van der Waals surface area contributed by atoms with Crippen molar-refractivity contribution in [2.75, 3.05) is 0 Å². The molecule has 12 saturated carbocycles. The molecule has 0 aliphatic heterocycles. The van der Waals surface area contributed by atoms with Crippen molar-refractivity contribution in [2.24, 2.45) is 139 Å². The summed E-state index contributed by atoms with van der Waals surface area (Å²) >= 11 is 0. The van der Waals surface area contributed by atoms with Gasteiger partial charge in [0.05, 0.1) is 0 Å². The minimum Gasteiger partial charge on any atom is -0.0999 e. The van der Waals surface area contributed by atoms with Gasteiger partial charge in [-0.1, -0.05) is 215 Å². The van der Waals surface area contributed by atoms with Crippen molar-refractivity contribution in [1.82, 2.24) is 0 Å². The average Bonchev–Trinajstić information content (AvgIpc) is 1.52. The largest absolute Gasteiger partial charge is 0.0999 e. The Labute approximate surface area is 596 Å². The van der Waals surface area contributed by atoms with E-state index in [0.29, 0.717) is 37.9 Å². The van der Waals surface area contributed by atoms with E-state index >= 15 is 0 Å². The standard InChI is InChI=1S/2C15H24.C15H26.C15H24.2C13H20.C10H16/c1-10(2)13-6-7-14(4)11(3)12-5-8-15(13,14)9-12;1-10-11-6-7-12-13(11)14(2,3)8-5-9-15(10,12)4;1-11-6-5-7-12(2)13-10-15(3,4)14(13)9-8-11;1-11(2)13-8-9-14-7-5-6-12(3)15(14,4)10-13;1-8-3-5-10-7-12(10)13-9(2)4-6-11(8)13;1-11-6-9-13(10-7-11)8-4-3-5-12(13)2;1-8(2)10-6-4-9(3)5-7-10/h10,12-13H,3,5-9H2,1-2,4H3;11-13H,1,5-9H2,2-4H3;6,12-14H,5,7-10H2,1-4H3;7,12-13H,1,5-6,8-10H2,2-4H3;9-13H,1,3-7H2,2H3;6H,2-5,7-10H2,1H3;4,10H,1,5-7H2,2-3H3/b;;11-6+;;;;/t12?,13-,14+,15?;11?,12?,13?,15-;12?,13-,14-;12-,13-,15+;;13-;10-/m0011.10/s1. The molecule has 16 aliphatic carbocycles. The number of rotatable bonds is 3. The van der Waals surface area contributed by atoms with Gasteiger partial charge in [-0.05, 0) is 385 Å². The summed E-state index contributed by atoms with van der Waals surface area (Å²) in [6, 6.07) is 0. The zero-order chi connectivity index (χ0) is 69.7. The Morgan fingerprint density at radius 1 is 0.510 bits per heavy atom. The second-order valence-corrected chi connectivity index (χ2v) is 40.3. The Bertz CT molecular complexity index is 2930. The SMILES string of the molecule is C/C1=C\CCC(C)[C@H]2CC(C)(C)[C@@H]2CC1.C=C(C)[C@@H]1CCC2=CCC[C@@H](C)[C@]2(C)C1.C=C(C)[C@H]1CC=C(C)CC1.C=C1C2CCC3(C2)[C@H](C(C)C)CC[C@]13C.C=C1C2CCC3C2C(C)(C)CCC[C@@]13C.C=C1CCC2CC2C2C(C)CCC12.C=C1CCCC[C@]12CC=C(C)CC2. The first kappa shape index (κ1) is 76.0. The summed E-state index contributed by atoms with van der Waals surface area (Å²) in [6.07, 6.45) is 58.5. The van der Waals surface area contributed by atoms with Crippen LogP contribution >= 0.6 is 0 Å². The normalized spacial score (nSPS) is 44.3. The molecule has 12 fully saturated rings. The summed E-state index contributed by atoms with van der Waals surface area (Å²) in [5.74, 6) is 16.1. The number of fused-ring (bicyclic) bond motifs is 6. The Hall–Kier alpha value is -2.60. The van der Waals surface area contributed by atoms with E-state index in [9.17, 15) is 0 Å². The Morgan fingerprint density at radius 3 is 1.86 bits per heavy atom. The third-order valence-electron chi connectivity index (χ3n) is 33.5. The van der Waals surface area contributed by atoms with Gasteiger partial charge >= 0.3 is 0 Å². The van der Waals surface area contributed by atoms with Crippen molar-refractivity contribution < 1.29 is 0 Å². The predicted molar refractivity (Wildman–Crippen MR) is 422 cm³/mol. The lowest BCUT2D eigenvalue weighted by Crippen LogP contribution is -2.46. The fourth-order valence-electron chi connectivity index (χ4n) is 26.3. The molecule has 0 aromatic heterocycles. The molecule has 16 rings (SSSR count). The van der Waals surface area contributed by atoms with Crippen LogP contribution in [-0.2, 0) is 0 Å². The van der Waals surface area contributed by atoms with Crippen LogP contribution in [0.25, 0.3) is 0 Å². The van der Waals surface area contributed by atoms with Crippen molar-refractivity contribution in [1.29, 1.82) is 0 Å². The van der Waals surface area contributed by atoms with E-state index < -0.39 is 0 Å². The van der Waals surface area contributed by atoms with Crippen molar-refractivity contribution >= 4 is 0 Å². The highest BCUT2D eigenvalue weighted by molar-refractivity contribution is 5.33. The van der Waals surface area contributed by atoms with Crippen LogP contribution in [0.2, 0.25) is 0 Å².